The third-order valence-corrected chi connectivity index (χ3v) is 4.75. The van der Waals surface area contributed by atoms with Crippen LogP contribution in [0.2, 0.25) is 5.02 Å². The monoisotopic (exact) mass is 411 g/mol. The number of nitrogens with zero attached hydrogens (tertiary/aromatic N) is 3. The maximum Gasteiger partial charge on any atom is 0.265 e. The van der Waals surface area contributed by atoms with Crippen LogP contribution in [0.25, 0.3) is 22.2 Å². The largest absolute Gasteiger partial charge is 0.272 e. The van der Waals surface area contributed by atoms with Crippen LogP contribution in [-0.2, 0) is 0 Å². The first kappa shape index (κ1) is 16.0. The highest BCUT2D eigenvalue weighted by Gasteiger charge is 2.21. The third-order valence-electron chi connectivity index (χ3n) is 3.89. The number of hydrogen-bond donors (Lipinski definition) is 0. The molecule has 4 rings (SSSR count). The zero-order valence-electron chi connectivity index (χ0n) is 12.9. The Morgan fingerprint density at radius 2 is 1.92 bits per heavy atom. The highest BCUT2D eigenvalue weighted by molar-refractivity contribution is 9.10. The average Bonchev–Trinajstić information content (AvgIpc) is 3.16. The SMILES string of the molecule is O=C(c1c(Cl)c(-c2ccccc2)nc2ccc(Br)cc12)n1ccnc1. The molecule has 0 N–H and O–H groups in total. The predicted molar refractivity (Wildman–Crippen MR) is 102 cm³/mol. The van der Waals surface area contributed by atoms with Gasteiger partial charge in [-0.2, -0.15) is 0 Å². The van der Waals surface area contributed by atoms with Gasteiger partial charge in [0.1, 0.15) is 6.33 Å². The molecule has 2 heterocycles. The lowest BCUT2D eigenvalue weighted by molar-refractivity contribution is 0.0961. The standard InChI is InChI=1S/C19H11BrClN3O/c20-13-6-7-15-14(10-13)16(19(25)24-9-8-22-11-24)17(21)18(23-15)12-4-2-1-3-5-12/h1-11H. The Hall–Kier alpha value is -2.50. The molecule has 2 aromatic heterocycles. The van der Waals surface area contributed by atoms with Gasteiger partial charge >= 0.3 is 0 Å². The molecule has 0 atom stereocenters. The summed E-state index contributed by atoms with van der Waals surface area (Å²) in [6, 6.07) is 15.2. The van der Waals surface area contributed by atoms with Gasteiger partial charge in [-0.25, -0.2) is 9.97 Å². The number of imidazole rings is 1. The lowest BCUT2D eigenvalue weighted by atomic mass is 10.0. The van der Waals surface area contributed by atoms with Gasteiger partial charge in [-0.3, -0.25) is 9.36 Å². The molecule has 0 saturated heterocycles. The number of fused-ring (bicyclic) bond motifs is 1. The fourth-order valence-electron chi connectivity index (χ4n) is 2.72. The van der Waals surface area contributed by atoms with Crippen LogP contribution >= 0.6 is 27.5 Å². The first-order valence-corrected chi connectivity index (χ1v) is 8.69. The van der Waals surface area contributed by atoms with E-state index >= 15 is 0 Å². The lowest BCUT2D eigenvalue weighted by Gasteiger charge is -2.13. The van der Waals surface area contributed by atoms with Crippen molar-refractivity contribution in [2.24, 2.45) is 0 Å². The molecule has 0 amide bonds. The first-order valence-electron chi connectivity index (χ1n) is 7.52. The number of halogens is 2. The molecule has 4 aromatic rings. The Morgan fingerprint density at radius 1 is 1.12 bits per heavy atom. The zero-order valence-corrected chi connectivity index (χ0v) is 15.2. The van der Waals surface area contributed by atoms with Gasteiger partial charge in [-0.15, -0.1) is 0 Å². The minimum absolute atomic E-state index is 0.245. The van der Waals surface area contributed by atoms with Crippen molar-refractivity contribution in [3.63, 3.8) is 0 Å². The molecule has 0 unspecified atom stereocenters. The van der Waals surface area contributed by atoms with Gasteiger partial charge in [0.2, 0.25) is 0 Å². The Labute approximate surface area is 157 Å². The van der Waals surface area contributed by atoms with Crippen LogP contribution in [0, 0.1) is 0 Å². The van der Waals surface area contributed by atoms with Gasteiger partial charge in [0.25, 0.3) is 5.91 Å². The van der Waals surface area contributed by atoms with E-state index in [4.69, 9.17) is 11.6 Å². The van der Waals surface area contributed by atoms with Crippen LogP contribution < -0.4 is 0 Å². The summed E-state index contributed by atoms with van der Waals surface area (Å²) >= 11 is 10.1. The molecule has 0 aliphatic heterocycles. The summed E-state index contributed by atoms with van der Waals surface area (Å²) in [7, 11) is 0. The summed E-state index contributed by atoms with van der Waals surface area (Å²) in [6.07, 6.45) is 4.62. The number of carbonyl (C=O) groups is 1. The minimum Gasteiger partial charge on any atom is -0.272 e. The Bertz CT molecular complexity index is 1080. The second kappa shape index (κ2) is 6.43. The first-order chi connectivity index (χ1) is 12.1. The average molecular weight is 413 g/mol. The third kappa shape index (κ3) is 2.86. The maximum absolute atomic E-state index is 13.0. The van der Waals surface area contributed by atoms with Gasteiger partial charge in [-0.1, -0.05) is 57.9 Å². The van der Waals surface area contributed by atoms with E-state index in [1.54, 1.807) is 12.4 Å². The van der Waals surface area contributed by atoms with Crippen LogP contribution in [0.5, 0.6) is 0 Å². The smallest absolute Gasteiger partial charge is 0.265 e. The van der Waals surface area contributed by atoms with E-state index in [0.29, 0.717) is 27.2 Å². The molecule has 0 aliphatic carbocycles. The van der Waals surface area contributed by atoms with Gasteiger partial charge in [-0.05, 0) is 18.2 Å². The fourth-order valence-corrected chi connectivity index (χ4v) is 3.41. The van der Waals surface area contributed by atoms with E-state index in [1.165, 1.54) is 10.9 Å². The van der Waals surface area contributed by atoms with Crippen LogP contribution in [0.1, 0.15) is 10.4 Å². The van der Waals surface area contributed by atoms with E-state index in [2.05, 4.69) is 25.9 Å². The van der Waals surface area contributed by atoms with Crippen molar-refractivity contribution in [3.8, 4) is 11.3 Å². The summed E-state index contributed by atoms with van der Waals surface area (Å²) < 4.78 is 2.26. The summed E-state index contributed by atoms with van der Waals surface area (Å²) in [6.45, 7) is 0. The molecule has 0 radical (unpaired) electrons. The zero-order chi connectivity index (χ0) is 17.4. The highest BCUT2D eigenvalue weighted by Crippen LogP contribution is 2.35. The van der Waals surface area contributed by atoms with E-state index in [1.807, 2.05) is 48.5 Å². The normalized spacial score (nSPS) is 11.0. The molecule has 2 aromatic carbocycles. The predicted octanol–water partition coefficient (Wildman–Crippen LogP) is 5.20. The van der Waals surface area contributed by atoms with Crippen molar-refractivity contribution in [1.29, 1.82) is 0 Å². The van der Waals surface area contributed by atoms with E-state index < -0.39 is 0 Å². The summed E-state index contributed by atoms with van der Waals surface area (Å²) in [5.41, 5.74) is 2.55. The molecule has 122 valence electrons. The molecule has 6 heteroatoms. The fraction of sp³-hybridized carbons (Fsp3) is 0. The molecule has 25 heavy (non-hydrogen) atoms. The molecule has 0 bridgehead atoms. The number of pyridine rings is 1. The second-order valence-electron chi connectivity index (χ2n) is 5.45. The molecule has 4 nitrogen and oxygen atoms in total. The van der Waals surface area contributed by atoms with Crippen molar-refractivity contribution >= 4 is 44.3 Å². The van der Waals surface area contributed by atoms with Gasteiger partial charge < -0.3 is 0 Å². The molecule has 0 saturated carbocycles. The van der Waals surface area contributed by atoms with Crippen molar-refractivity contribution in [1.82, 2.24) is 14.5 Å². The Balaban J connectivity index is 2.06. The Kier molecular flexibility index (Phi) is 4.11. The van der Waals surface area contributed by atoms with Gasteiger partial charge in [0.15, 0.2) is 0 Å². The van der Waals surface area contributed by atoms with Crippen molar-refractivity contribution in [2.45, 2.75) is 0 Å². The second-order valence-corrected chi connectivity index (χ2v) is 6.75. The number of aromatic nitrogens is 3. The molecular formula is C19H11BrClN3O. The van der Waals surface area contributed by atoms with E-state index in [-0.39, 0.29) is 5.91 Å². The minimum atomic E-state index is -0.245. The summed E-state index contributed by atoms with van der Waals surface area (Å²) in [4.78, 5) is 21.7. The molecule has 0 aliphatic rings. The van der Waals surface area contributed by atoms with Crippen LogP contribution in [0.4, 0.5) is 0 Å². The lowest BCUT2D eigenvalue weighted by Crippen LogP contribution is -2.12. The number of hydrogen-bond acceptors (Lipinski definition) is 3. The molecular weight excluding hydrogens is 402 g/mol. The highest BCUT2D eigenvalue weighted by atomic mass is 79.9. The number of benzene rings is 2. The topological polar surface area (TPSA) is 47.8 Å². The molecule has 0 spiro atoms. The van der Waals surface area contributed by atoms with Crippen molar-refractivity contribution < 1.29 is 4.79 Å². The number of rotatable bonds is 2. The van der Waals surface area contributed by atoms with Gasteiger partial charge in [0.05, 0.1) is 21.8 Å². The van der Waals surface area contributed by atoms with Crippen LogP contribution in [0.15, 0.2) is 71.7 Å². The quantitative estimate of drug-likeness (QED) is 0.454. The number of carbonyl (C=O) groups excluding carboxylic acids is 1. The molecule has 0 fully saturated rings. The van der Waals surface area contributed by atoms with Crippen LogP contribution in [0.3, 0.4) is 0 Å². The van der Waals surface area contributed by atoms with E-state index in [9.17, 15) is 4.79 Å². The van der Waals surface area contributed by atoms with Crippen molar-refractivity contribution in [2.75, 3.05) is 0 Å². The van der Waals surface area contributed by atoms with E-state index in [0.717, 1.165) is 10.0 Å². The van der Waals surface area contributed by atoms with Gasteiger partial charge in [0, 0.05) is 27.8 Å². The summed E-state index contributed by atoms with van der Waals surface area (Å²) in [5.74, 6) is -0.245. The van der Waals surface area contributed by atoms with Crippen molar-refractivity contribution in [3.05, 3.63) is 82.3 Å². The summed E-state index contributed by atoms with van der Waals surface area (Å²) in [5, 5.41) is 1.02. The Morgan fingerprint density at radius 3 is 2.64 bits per heavy atom. The maximum atomic E-state index is 13.0. The van der Waals surface area contributed by atoms with Crippen LogP contribution in [-0.4, -0.2) is 20.4 Å².